The monoisotopic (exact) mass is 333 g/mol. The number of methoxy groups -OCH3 is 1. The number of hydrogen-bond donors (Lipinski definition) is 2. The fraction of sp³-hybridized carbons (Fsp3) is 0.632. The molecular formula is C19H27NO4. The van der Waals surface area contributed by atoms with Crippen LogP contribution in [0.1, 0.15) is 56.6 Å². The molecule has 5 nitrogen and oxygen atoms in total. The van der Waals surface area contributed by atoms with E-state index in [-0.39, 0.29) is 18.4 Å². The number of nitrogens with zero attached hydrogens (tertiary/aromatic N) is 1. The number of ether oxygens (including phenoxy) is 1. The number of likely N-dealkylation sites (tertiary alicyclic amines) is 1. The molecule has 1 saturated carbocycles. The van der Waals surface area contributed by atoms with Crippen molar-refractivity contribution in [3.63, 3.8) is 0 Å². The molecule has 132 valence electrons. The molecule has 0 unspecified atom stereocenters. The van der Waals surface area contributed by atoms with Crippen LogP contribution in [0.2, 0.25) is 0 Å². The van der Waals surface area contributed by atoms with Gasteiger partial charge in [0.1, 0.15) is 5.75 Å². The molecule has 1 aromatic carbocycles. The Labute approximate surface area is 143 Å². The highest BCUT2D eigenvalue weighted by Gasteiger charge is 2.39. The summed E-state index contributed by atoms with van der Waals surface area (Å²) < 4.78 is 5.27. The van der Waals surface area contributed by atoms with E-state index < -0.39 is 11.7 Å². The summed E-state index contributed by atoms with van der Waals surface area (Å²) in [5.41, 5.74) is 0.0943. The molecule has 1 heterocycles. The summed E-state index contributed by atoms with van der Waals surface area (Å²) in [5.74, 6) is 0.677. The fourth-order valence-corrected chi connectivity index (χ4v) is 4.02. The molecule has 0 aromatic heterocycles. The van der Waals surface area contributed by atoms with E-state index in [1.165, 1.54) is 0 Å². The zero-order valence-corrected chi connectivity index (χ0v) is 14.3. The Balaban J connectivity index is 1.75. The van der Waals surface area contributed by atoms with Gasteiger partial charge in [0.2, 0.25) is 5.91 Å². The Morgan fingerprint density at radius 3 is 2.79 bits per heavy atom. The minimum absolute atomic E-state index is 0.0660. The Kier molecular flexibility index (Phi) is 5.11. The molecular weight excluding hydrogens is 306 g/mol. The topological polar surface area (TPSA) is 70.0 Å². The summed E-state index contributed by atoms with van der Waals surface area (Å²) in [6.45, 7) is 0.330. The molecule has 1 aliphatic carbocycles. The number of amides is 1. The van der Waals surface area contributed by atoms with Crippen LogP contribution in [0, 0.1) is 0 Å². The number of rotatable bonds is 4. The van der Waals surface area contributed by atoms with Crippen LogP contribution in [0.5, 0.6) is 5.75 Å². The van der Waals surface area contributed by atoms with Gasteiger partial charge < -0.3 is 19.8 Å². The van der Waals surface area contributed by atoms with E-state index in [1.54, 1.807) is 12.0 Å². The van der Waals surface area contributed by atoms with Crippen LogP contribution < -0.4 is 4.74 Å². The van der Waals surface area contributed by atoms with Crippen molar-refractivity contribution < 1.29 is 19.7 Å². The lowest BCUT2D eigenvalue weighted by atomic mass is 9.82. The van der Waals surface area contributed by atoms with Crippen molar-refractivity contribution in [2.45, 2.75) is 62.7 Å². The van der Waals surface area contributed by atoms with Gasteiger partial charge in [0, 0.05) is 6.54 Å². The van der Waals surface area contributed by atoms with Crippen molar-refractivity contribution in [2.75, 3.05) is 13.7 Å². The van der Waals surface area contributed by atoms with Gasteiger partial charge in [0.15, 0.2) is 0 Å². The number of carbonyl (C=O) groups excluding carboxylic acids is 1. The Morgan fingerprint density at radius 1 is 1.33 bits per heavy atom. The normalized spacial score (nSPS) is 26.4. The third-order valence-electron chi connectivity index (χ3n) is 5.34. The summed E-state index contributed by atoms with van der Waals surface area (Å²) >= 11 is 0. The molecule has 1 aromatic rings. The van der Waals surface area contributed by atoms with Crippen LogP contribution in [-0.4, -0.2) is 46.4 Å². The molecule has 24 heavy (non-hydrogen) atoms. The van der Waals surface area contributed by atoms with Crippen LogP contribution in [0.4, 0.5) is 0 Å². The number of aliphatic hydroxyl groups is 2. The first-order chi connectivity index (χ1) is 11.5. The predicted molar refractivity (Wildman–Crippen MR) is 90.7 cm³/mol. The van der Waals surface area contributed by atoms with E-state index in [2.05, 4.69) is 0 Å². The van der Waals surface area contributed by atoms with Crippen molar-refractivity contribution in [3.05, 3.63) is 29.8 Å². The second-order valence-corrected chi connectivity index (χ2v) is 7.19. The molecule has 2 atom stereocenters. The number of benzene rings is 1. The van der Waals surface area contributed by atoms with Crippen molar-refractivity contribution in [1.29, 1.82) is 0 Å². The van der Waals surface area contributed by atoms with E-state index in [0.29, 0.717) is 25.8 Å². The second-order valence-electron chi connectivity index (χ2n) is 7.19. The molecule has 0 bridgehead atoms. The molecule has 2 N–H and O–H groups in total. The molecule has 2 aliphatic rings. The minimum atomic E-state index is -0.873. The zero-order valence-electron chi connectivity index (χ0n) is 14.3. The van der Waals surface area contributed by atoms with Crippen molar-refractivity contribution in [2.24, 2.45) is 0 Å². The third-order valence-corrected chi connectivity index (χ3v) is 5.34. The number of β-amino-alcohol motifs (C(OH)–C–C–N with tert-alkyl or cyclic N) is 1. The van der Waals surface area contributed by atoms with Crippen molar-refractivity contribution >= 4 is 5.91 Å². The standard InChI is InChI=1S/C19H27NO4/c1-24-16-7-5-6-14(10-16)17-11-15(21)13-20(17)18(22)12-19(23)8-3-2-4-9-19/h5-7,10,15,17,21,23H,2-4,8-9,11-13H2,1H3/t15-,17+/m0/s1. The SMILES string of the molecule is COc1cccc([C@H]2C[C@H](O)CN2C(=O)CC2(O)CCCCC2)c1. The summed E-state index contributed by atoms with van der Waals surface area (Å²) in [6, 6.07) is 7.48. The van der Waals surface area contributed by atoms with Crippen LogP contribution in [-0.2, 0) is 4.79 Å². The lowest BCUT2D eigenvalue weighted by Crippen LogP contribution is -2.40. The fourth-order valence-electron chi connectivity index (χ4n) is 4.02. The largest absolute Gasteiger partial charge is 0.497 e. The van der Waals surface area contributed by atoms with Gasteiger partial charge in [-0.1, -0.05) is 31.4 Å². The Hall–Kier alpha value is -1.59. The van der Waals surface area contributed by atoms with Crippen LogP contribution in [0.15, 0.2) is 24.3 Å². The first kappa shape index (κ1) is 17.2. The lowest BCUT2D eigenvalue weighted by Gasteiger charge is -2.34. The van der Waals surface area contributed by atoms with Gasteiger partial charge in [0.25, 0.3) is 0 Å². The van der Waals surface area contributed by atoms with Crippen LogP contribution in [0.3, 0.4) is 0 Å². The van der Waals surface area contributed by atoms with Crippen molar-refractivity contribution in [3.8, 4) is 5.75 Å². The minimum Gasteiger partial charge on any atom is -0.497 e. The summed E-state index contributed by atoms with van der Waals surface area (Å²) in [5, 5.41) is 20.8. The molecule has 2 fully saturated rings. The molecule has 5 heteroatoms. The molecule has 0 spiro atoms. The average molecular weight is 333 g/mol. The summed E-state index contributed by atoms with van der Waals surface area (Å²) in [7, 11) is 1.62. The van der Waals surface area contributed by atoms with Gasteiger partial charge in [0.05, 0.1) is 31.3 Å². The highest BCUT2D eigenvalue weighted by molar-refractivity contribution is 5.78. The Morgan fingerprint density at radius 2 is 2.08 bits per heavy atom. The second kappa shape index (κ2) is 7.11. The van der Waals surface area contributed by atoms with Gasteiger partial charge in [-0.25, -0.2) is 0 Å². The zero-order chi connectivity index (χ0) is 17.2. The van der Waals surface area contributed by atoms with Gasteiger partial charge in [-0.2, -0.15) is 0 Å². The predicted octanol–water partition coefficient (Wildman–Crippen LogP) is 2.41. The van der Waals surface area contributed by atoms with E-state index in [9.17, 15) is 15.0 Å². The molecule has 0 radical (unpaired) electrons. The lowest BCUT2D eigenvalue weighted by molar-refractivity contribution is -0.139. The summed E-state index contributed by atoms with van der Waals surface area (Å²) in [4.78, 5) is 14.6. The van der Waals surface area contributed by atoms with E-state index in [0.717, 1.165) is 30.6 Å². The maximum atomic E-state index is 12.8. The van der Waals surface area contributed by atoms with Crippen LogP contribution >= 0.6 is 0 Å². The maximum absolute atomic E-state index is 12.8. The van der Waals surface area contributed by atoms with E-state index >= 15 is 0 Å². The summed E-state index contributed by atoms with van der Waals surface area (Å²) in [6.07, 6.45) is 4.63. The van der Waals surface area contributed by atoms with Gasteiger partial charge in [-0.15, -0.1) is 0 Å². The van der Waals surface area contributed by atoms with Crippen LogP contribution in [0.25, 0.3) is 0 Å². The first-order valence-corrected chi connectivity index (χ1v) is 8.85. The molecule has 1 aliphatic heterocycles. The van der Waals surface area contributed by atoms with Crippen molar-refractivity contribution in [1.82, 2.24) is 4.90 Å². The maximum Gasteiger partial charge on any atom is 0.226 e. The number of hydrogen-bond acceptors (Lipinski definition) is 4. The number of aliphatic hydroxyl groups excluding tert-OH is 1. The first-order valence-electron chi connectivity index (χ1n) is 8.85. The van der Waals surface area contributed by atoms with Gasteiger partial charge in [-0.3, -0.25) is 4.79 Å². The number of carbonyl (C=O) groups is 1. The van der Waals surface area contributed by atoms with Gasteiger partial charge >= 0.3 is 0 Å². The quantitative estimate of drug-likeness (QED) is 0.888. The molecule has 1 amide bonds. The smallest absolute Gasteiger partial charge is 0.226 e. The average Bonchev–Trinajstić information content (AvgIpc) is 2.97. The van der Waals surface area contributed by atoms with E-state index in [4.69, 9.17) is 4.74 Å². The molecule has 1 saturated heterocycles. The highest BCUT2D eigenvalue weighted by Crippen LogP contribution is 2.37. The third kappa shape index (κ3) is 3.73. The Bertz CT molecular complexity index is 582. The van der Waals surface area contributed by atoms with E-state index in [1.807, 2.05) is 24.3 Å². The molecule has 3 rings (SSSR count). The highest BCUT2D eigenvalue weighted by atomic mass is 16.5. The van der Waals surface area contributed by atoms with Gasteiger partial charge in [-0.05, 0) is 37.0 Å².